The number of rotatable bonds is 7. The van der Waals surface area contributed by atoms with E-state index in [4.69, 9.17) is 0 Å². The topological polar surface area (TPSA) is 6.48 Å². The molecule has 10 aliphatic rings. The lowest BCUT2D eigenvalue weighted by Gasteiger charge is -2.91. The van der Waals surface area contributed by atoms with Crippen molar-refractivity contribution in [1.29, 1.82) is 0 Å². The Kier molecular flexibility index (Phi) is 7.51. The monoisotopic (exact) mass is 948 g/mol. The maximum Gasteiger partial charge on any atom is 0.329 e. The van der Waals surface area contributed by atoms with Crippen molar-refractivity contribution in [2.45, 2.75) is 74.5 Å². The second kappa shape index (κ2) is 13.8. The normalized spacial score (nSPS) is 30.5. The zero-order chi connectivity index (χ0) is 47.8. The van der Waals surface area contributed by atoms with Gasteiger partial charge >= 0.3 is 6.85 Å². The maximum atomic E-state index is 2.87. The van der Waals surface area contributed by atoms with Crippen molar-refractivity contribution in [2.24, 2.45) is 40.9 Å². The first kappa shape index (κ1) is 40.3. The Bertz CT molecular complexity index is 3830. The Morgan fingerprint density at radius 3 is 1.78 bits per heavy atom. The lowest BCUT2D eigenvalue weighted by molar-refractivity contribution is -0.395. The summed E-state index contributed by atoms with van der Waals surface area (Å²) in [5, 5.41) is 2.58. The Morgan fingerprint density at radius 2 is 1.11 bits per heavy atom. The molecule has 0 N–H and O–H groups in total. The Labute approximate surface area is 435 Å². The average Bonchev–Trinajstić information content (AvgIpc) is 2.89. The third-order valence-corrected chi connectivity index (χ3v) is 23.0. The van der Waals surface area contributed by atoms with E-state index in [9.17, 15) is 0 Å². The van der Waals surface area contributed by atoms with Crippen LogP contribution in [-0.2, 0) is 17.3 Å². The van der Waals surface area contributed by atoms with Crippen LogP contribution in [0.5, 0.6) is 0 Å². The summed E-state index contributed by atoms with van der Waals surface area (Å²) in [6.07, 6.45) is 12.6. The lowest BCUT2D eigenvalue weighted by Crippen LogP contribution is -2.87. The predicted octanol–water partition coefficient (Wildman–Crippen LogP) is 15.9. The minimum atomic E-state index is -0.00169. The smallest absolute Gasteiger partial charge is 0.329 e. The summed E-state index contributed by atoms with van der Waals surface area (Å²) >= 11 is 0. The quantitative estimate of drug-likeness (QED) is 0.147. The molecular weight excluding hydrogens is 892 g/mol. The molecule has 9 aromatic carbocycles. The molecule has 8 aliphatic carbocycles. The van der Waals surface area contributed by atoms with E-state index in [2.05, 4.69) is 204 Å². The standard InChI is InChI=1S/C71H57BN2/c1-4-12-42(13-5-1)43-21-26-57(27-22-43)74-66-30-45-15-11-10-14-44(45)28-60(66)63-38-58(73(55-16-6-2-7-17-55)56-18-8-3-9-19-56)39-64-61-29-46-20-23-49(70-47-24-25-48(70)32-51(70)31-47)35-59(46)62-36-50(37-65(67(61)62)72(74)68(63)64)69-40-53-33-52-34-54(41-69)71(52,53)69/h1-23,26-28,30,35-39,47-48,51-54,61H,24-25,29,31-34,40-41H2. The molecular formula is C71H57BN2. The van der Waals surface area contributed by atoms with Crippen LogP contribution in [0.3, 0.4) is 0 Å². The molecule has 0 radical (unpaired) electrons. The molecule has 3 heteroatoms. The third-order valence-electron chi connectivity index (χ3n) is 23.0. The van der Waals surface area contributed by atoms with Gasteiger partial charge in [-0.3, -0.25) is 0 Å². The first-order valence-corrected chi connectivity index (χ1v) is 28.5. The van der Waals surface area contributed by atoms with Crippen LogP contribution in [0.4, 0.5) is 28.4 Å². The molecule has 9 aromatic rings. The highest BCUT2D eigenvalue weighted by Gasteiger charge is 2.87. The first-order valence-electron chi connectivity index (χ1n) is 28.5. The number of hydrogen-bond donors (Lipinski definition) is 0. The molecule has 7 fully saturated rings. The van der Waals surface area contributed by atoms with Crippen molar-refractivity contribution in [3.8, 4) is 33.4 Å². The summed E-state index contributed by atoms with van der Waals surface area (Å²) in [6, 6.07) is 76.1. The van der Waals surface area contributed by atoms with Gasteiger partial charge in [0.05, 0.1) is 0 Å². The third kappa shape index (κ3) is 4.64. The highest BCUT2D eigenvalue weighted by atomic mass is 15.1. The van der Waals surface area contributed by atoms with Gasteiger partial charge in [-0.15, -0.1) is 0 Å². The summed E-state index contributed by atoms with van der Waals surface area (Å²) in [5.74, 6) is 5.71. The molecule has 0 saturated heterocycles. The van der Waals surface area contributed by atoms with Crippen molar-refractivity contribution >= 4 is 57.0 Å². The summed E-state index contributed by atoms with van der Waals surface area (Å²) < 4.78 is 0. The van der Waals surface area contributed by atoms with Crippen LogP contribution < -0.4 is 20.6 Å². The minimum Gasteiger partial charge on any atom is -0.376 e. The van der Waals surface area contributed by atoms with Crippen molar-refractivity contribution in [3.05, 3.63) is 222 Å². The van der Waals surface area contributed by atoms with Crippen LogP contribution in [0.1, 0.15) is 85.1 Å². The summed E-state index contributed by atoms with van der Waals surface area (Å²) in [5.41, 5.74) is 27.0. The second-order valence-corrected chi connectivity index (χ2v) is 25.1. The molecule has 2 heterocycles. The summed E-state index contributed by atoms with van der Waals surface area (Å²) in [6.45, 7) is -0.00169. The van der Waals surface area contributed by atoms with E-state index in [0.717, 1.165) is 41.9 Å². The Morgan fingerprint density at radius 1 is 0.473 bits per heavy atom. The van der Waals surface area contributed by atoms with Gasteiger partial charge in [0.25, 0.3) is 0 Å². The van der Waals surface area contributed by atoms with Crippen LogP contribution in [0.25, 0.3) is 44.2 Å². The van der Waals surface area contributed by atoms with E-state index < -0.39 is 0 Å². The highest BCUT2D eigenvalue weighted by molar-refractivity contribution is 6.92. The molecule has 5 atom stereocenters. The largest absolute Gasteiger partial charge is 0.376 e. The number of fused-ring (bicyclic) bond motifs is 7. The predicted molar refractivity (Wildman–Crippen MR) is 304 cm³/mol. The molecule has 7 saturated carbocycles. The number of anilines is 5. The minimum absolute atomic E-state index is 0.00169. The van der Waals surface area contributed by atoms with E-state index in [0.29, 0.717) is 16.2 Å². The zero-order valence-corrected chi connectivity index (χ0v) is 41.9. The van der Waals surface area contributed by atoms with E-state index >= 15 is 0 Å². The number of nitrogens with zero attached hydrogens (tertiary/aromatic N) is 2. The SMILES string of the molecule is c1ccc(-c2ccc(N3B4c5cc(C67CC8CC9CC(C6)C987)cc6c5C(Cc5ccc(C78C9CCC7CC8C9)cc5-6)c5cc(N(c6ccccc6)c6ccccc6)cc(c54)-c4cc5ccccc5cc43)cc2)cc1. The van der Waals surface area contributed by atoms with Crippen molar-refractivity contribution in [1.82, 2.24) is 0 Å². The van der Waals surface area contributed by atoms with Crippen LogP contribution in [-0.4, -0.2) is 6.85 Å². The second-order valence-electron chi connectivity index (χ2n) is 25.1. The number of benzene rings is 9. The van der Waals surface area contributed by atoms with Gasteiger partial charge in [0.2, 0.25) is 0 Å². The van der Waals surface area contributed by atoms with Crippen LogP contribution in [0.15, 0.2) is 194 Å². The van der Waals surface area contributed by atoms with Gasteiger partial charge < -0.3 is 9.71 Å². The summed E-state index contributed by atoms with van der Waals surface area (Å²) in [7, 11) is 0. The van der Waals surface area contributed by atoms with Gasteiger partial charge in [0.1, 0.15) is 0 Å². The molecule has 2 aliphatic heterocycles. The molecule has 1 spiro atoms. The van der Waals surface area contributed by atoms with Crippen molar-refractivity contribution in [3.63, 3.8) is 0 Å². The van der Waals surface area contributed by atoms with Crippen molar-refractivity contribution < 1.29 is 0 Å². The van der Waals surface area contributed by atoms with E-state index in [1.54, 1.807) is 38.8 Å². The Balaban J connectivity index is 0.908. The van der Waals surface area contributed by atoms with Gasteiger partial charge in [-0.25, -0.2) is 0 Å². The lowest BCUT2D eigenvalue weighted by atomic mass is 9.12. The number of hydrogen-bond acceptors (Lipinski definition) is 2. The molecule has 74 heavy (non-hydrogen) atoms. The average molecular weight is 949 g/mol. The van der Waals surface area contributed by atoms with Gasteiger partial charge in [0, 0.05) is 50.7 Å². The van der Waals surface area contributed by atoms with E-state index in [1.165, 1.54) is 124 Å². The fourth-order valence-corrected chi connectivity index (χ4v) is 20.3. The molecule has 2 nitrogen and oxygen atoms in total. The van der Waals surface area contributed by atoms with Crippen LogP contribution in [0, 0.1) is 40.9 Å². The molecule has 0 aromatic heterocycles. The number of para-hydroxylation sites is 2. The fourth-order valence-electron chi connectivity index (χ4n) is 20.3. The molecule has 0 bridgehead atoms. The van der Waals surface area contributed by atoms with Crippen LogP contribution in [0.2, 0.25) is 0 Å². The van der Waals surface area contributed by atoms with Crippen LogP contribution >= 0.6 is 0 Å². The fraction of sp³-hybridized carbons (Fsp3) is 0.268. The van der Waals surface area contributed by atoms with Gasteiger partial charge in [-0.05, 0) is 237 Å². The van der Waals surface area contributed by atoms with Gasteiger partial charge in [0.15, 0.2) is 0 Å². The highest BCUT2D eigenvalue weighted by Crippen LogP contribution is 2.92. The molecule has 5 unspecified atom stereocenters. The summed E-state index contributed by atoms with van der Waals surface area (Å²) in [4.78, 5) is 5.34. The zero-order valence-electron chi connectivity index (χ0n) is 41.9. The van der Waals surface area contributed by atoms with E-state index in [-0.39, 0.29) is 12.8 Å². The molecule has 0 amide bonds. The molecule has 19 rings (SSSR count). The van der Waals surface area contributed by atoms with Gasteiger partial charge in [-0.2, -0.15) is 0 Å². The Hall–Kier alpha value is -7.10. The maximum absolute atomic E-state index is 2.87. The van der Waals surface area contributed by atoms with E-state index in [1.807, 2.05) is 0 Å². The van der Waals surface area contributed by atoms with Crippen molar-refractivity contribution in [2.75, 3.05) is 9.71 Å². The molecule has 354 valence electrons. The first-order chi connectivity index (χ1) is 36.6. The van der Waals surface area contributed by atoms with Gasteiger partial charge in [-0.1, -0.05) is 133 Å².